The maximum absolute atomic E-state index is 12.5. The van der Waals surface area contributed by atoms with Crippen molar-refractivity contribution in [3.05, 3.63) is 29.8 Å². The van der Waals surface area contributed by atoms with Crippen molar-refractivity contribution in [2.45, 2.75) is 38.6 Å². The highest BCUT2D eigenvalue weighted by Crippen LogP contribution is 2.18. The maximum atomic E-state index is 12.5. The topological polar surface area (TPSA) is 75.7 Å². The lowest BCUT2D eigenvalue weighted by Gasteiger charge is -2.32. The number of hydrogen-bond acceptors (Lipinski definition) is 4. The van der Waals surface area contributed by atoms with Gasteiger partial charge in [-0.2, -0.15) is 0 Å². The van der Waals surface area contributed by atoms with Crippen LogP contribution >= 0.6 is 0 Å². The third kappa shape index (κ3) is 5.21. The van der Waals surface area contributed by atoms with E-state index in [1.54, 1.807) is 36.3 Å². The molecule has 1 heterocycles. The van der Waals surface area contributed by atoms with Crippen molar-refractivity contribution in [2.24, 2.45) is 0 Å². The molecule has 0 bridgehead atoms. The molecule has 0 spiro atoms. The lowest BCUT2D eigenvalue weighted by atomic mass is 10.0. The van der Waals surface area contributed by atoms with Gasteiger partial charge in [-0.05, 0) is 37.5 Å². The Morgan fingerprint density at radius 3 is 2.67 bits per heavy atom. The summed E-state index contributed by atoms with van der Waals surface area (Å²) < 4.78 is 31.8. The molecule has 0 aromatic heterocycles. The molecule has 24 heavy (non-hydrogen) atoms. The smallest absolute Gasteiger partial charge is 0.253 e. The average Bonchev–Trinajstić information content (AvgIpc) is 2.60. The van der Waals surface area contributed by atoms with Gasteiger partial charge < -0.3 is 9.64 Å². The summed E-state index contributed by atoms with van der Waals surface area (Å²) in [5.74, 6) is 0.785. The second kappa shape index (κ2) is 8.48. The minimum atomic E-state index is -3.21. The Balaban J connectivity index is 1.89. The summed E-state index contributed by atoms with van der Waals surface area (Å²) in [7, 11) is -1.64. The van der Waals surface area contributed by atoms with Crippen LogP contribution in [0, 0.1) is 0 Å². The van der Waals surface area contributed by atoms with Gasteiger partial charge in [0.1, 0.15) is 5.75 Å². The SMILES string of the molecule is CCCCS(=O)(=O)NC1CCN(C(=O)c2cccc(OC)c2)CC1. The van der Waals surface area contributed by atoms with Crippen molar-refractivity contribution in [1.82, 2.24) is 9.62 Å². The van der Waals surface area contributed by atoms with Crippen LogP contribution in [0.2, 0.25) is 0 Å². The highest BCUT2D eigenvalue weighted by atomic mass is 32.2. The number of nitrogens with zero attached hydrogens (tertiary/aromatic N) is 1. The number of carbonyl (C=O) groups is 1. The van der Waals surface area contributed by atoms with Crippen molar-refractivity contribution in [3.8, 4) is 5.75 Å². The van der Waals surface area contributed by atoms with Crippen molar-refractivity contribution >= 4 is 15.9 Å². The standard InChI is InChI=1S/C17H26N2O4S/c1-3-4-12-24(21,22)18-15-8-10-19(11-9-15)17(20)14-6-5-7-16(13-14)23-2/h5-7,13,15,18H,3-4,8-12H2,1-2H3. The van der Waals surface area contributed by atoms with E-state index in [4.69, 9.17) is 4.74 Å². The number of methoxy groups -OCH3 is 1. The summed E-state index contributed by atoms with van der Waals surface area (Å²) in [5.41, 5.74) is 0.594. The Morgan fingerprint density at radius 2 is 2.04 bits per heavy atom. The zero-order chi connectivity index (χ0) is 17.6. The third-order valence-electron chi connectivity index (χ3n) is 4.21. The van der Waals surface area contributed by atoms with E-state index < -0.39 is 10.0 Å². The number of unbranched alkanes of at least 4 members (excludes halogenated alkanes) is 1. The van der Waals surface area contributed by atoms with Crippen LogP contribution in [0.4, 0.5) is 0 Å². The fourth-order valence-corrected chi connectivity index (χ4v) is 4.32. The van der Waals surface area contributed by atoms with Gasteiger partial charge in [0, 0.05) is 24.7 Å². The largest absolute Gasteiger partial charge is 0.497 e. The number of ether oxygens (including phenoxy) is 1. The third-order valence-corrected chi connectivity index (χ3v) is 5.73. The molecule has 0 radical (unpaired) electrons. The number of likely N-dealkylation sites (tertiary alicyclic amines) is 1. The normalized spacial score (nSPS) is 16.2. The predicted molar refractivity (Wildman–Crippen MR) is 93.8 cm³/mol. The van der Waals surface area contributed by atoms with Crippen LogP contribution in [-0.2, 0) is 10.0 Å². The van der Waals surface area contributed by atoms with Gasteiger partial charge in [0.2, 0.25) is 10.0 Å². The summed E-state index contributed by atoms with van der Waals surface area (Å²) in [5, 5.41) is 0. The first-order chi connectivity index (χ1) is 11.4. The number of benzene rings is 1. The average molecular weight is 354 g/mol. The van der Waals surface area contributed by atoms with Crippen molar-refractivity contribution in [1.29, 1.82) is 0 Å². The lowest BCUT2D eigenvalue weighted by molar-refractivity contribution is 0.0711. The van der Waals surface area contributed by atoms with E-state index in [2.05, 4.69) is 4.72 Å². The van der Waals surface area contributed by atoms with Crippen LogP contribution in [0.25, 0.3) is 0 Å². The highest BCUT2D eigenvalue weighted by Gasteiger charge is 2.26. The van der Waals surface area contributed by atoms with Crippen LogP contribution in [0.5, 0.6) is 5.75 Å². The molecule has 1 saturated heterocycles. The molecule has 0 saturated carbocycles. The number of amides is 1. The molecule has 0 aliphatic carbocycles. The molecule has 134 valence electrons. The van der Waals surface area contributed by atoms with Crippen molar-refractivity contribution in [2.75, 3.05) is 26.0 Å². The number of nitrogens with one attached hydrogen (secondary N) is 1. The van der Waals surface area contributed by atoms with Gasteiger partial charge in [-0.1, -0.05) is 19.4 Å². The maximum Gasteiger partial charge on any atom is 0.253 e. The second-order valence-electron chi connectivity index (χ2n) is 6.09. The molecular formula is C17H26N2O4S. The fraction of sp³-hybridized carbons (Fsp3) is 0.588. The number of carbonyl (C=O) groups excluding carboxylic acids is 1. The summed E-state index contributed by atoms with van der Waals surface area (Å²) in [6.45, 7) is 3.08. The number of sulfonamides is 1. The van der Waals surface area contributed by atoms with E-state index in [9.17, 15) is 13.2 Å². The van der Waals surface area contributed by atoms with E-state index >= 15 is 0 Å². The van der Waals surface area contributed by atoms with Crippen LogP contribution in [0.1, 0.15) is 43.0 Å². The van der Waals surface area contributed by atoms with Gasteiger partial charge in [0.25, 0.3) is 5.91 Å². The molecule has 0 atom stereocenters. The molecule has 7 heteroatoms. The predicted octanol–water partition coefficient (Wildman–Crippen LogP) is 2.02. The first-order valence-corrected chi connectivity index (χ1v) is 10.0. The molecule has 1 aromatic rings. The molecule has 1 fully saturated rings. The number of piperidine rings is 1. The fourth-order valence-electron chi connectivity index (χ4n) is 2.79. The van der Waals surface area contributed by atoms with Gasteiger partial charge in [-0.25, -0.2) is 13.1 Å². The molecule has 1 aromatic carbocycles. The van der Waals surface area contributed by atoms with E-state index in [0.717, 1.165) is 6.42 Å². The summed E-state index contributed by atoms with van der Waals surface area (Å²) in [4.78, 5) is 14.3. The molecule has 0 unspecified atom stereocenters. The Kier molecular flexibility index (Phi) is 6.62. The lowest BCUT2D eigenvalue weighted by Crippen LogP contribution is -2.47. The van der Waals surface area contributed by atoms with Crippen LogP contribution in [0.15, 0.2) is 24.3 Å². The Bertz CT molecular complexity index is 652. The molecular weight excluding hydrogens is 328 g/mol. The van der Waals surface area contributed by atoms with Crippen LogP contribution < -0.4 is 9.46 Å². The number of hydrogen-bond donors (Lipinski definition) is 1. The Hall–Kier alpha value is -1.60. The summed E-state index contributed by atoms with van der Waals surface area (Å²) in [6, 6.07) is 7.00. The van der Waals surface area contributed by atoms with Gasteiger partial charge in [0.05, 0.1) is 12.9 Å². The Labute approximate surface area is 144 Å². The first kappa shape index (κ1) is 18.7. The van der Waals surface area contributed by atoms with Crippen molar-refractivity contribution < 1.29 is 17.9 Å². The summed E-state index contributed by atoms with van der Waals surface area (Å²) in [6.07, 6.45) is 2.80. The van der Waals surface area contributed by atoms with E-state index in [1.807, 2.05) is 6.92 Å². The molecule has 1 N–H and O–H groups in total. The van der Waals surface area contributed by atoms with Crippen LogP contribution in [0.3, 0.4) is 0 Å². The first-order valence-electron chi connectivity index (χ1n) is 8.38. The monoisotopic (exact) mass is 354 g/mol. The second-order valence-corrected chi connectivity index (χ2v) is 7.96. The van der Waals surface area contributed by atoms with E-state index in [-0.39, 0.29) is 17.7 Å². The van der Waals surface area contributed by atoms with Gasteiger partial charge >= 0.3 is 0 Å². The quantitative estimate of drug-likeness (QED) is 0.813. The number of rotatable bonds is 7. The molecule has 6 nitrogen and oxygen atoms in total. The van der Waals surface area contributed by atoms with E-state index in [1.165, 1.54) is 0 Å². The van der Waals surface area contributed by atoms with Gasteiger partial charge in [-0.3, -0.25) is 4.79 Å². The highest BCUT2D eigenvalue weighted by molar-refractivity contribution is 7.89. The zero-order valence-corrected chi connectivity index (χ0v) is 15.1. The molecule has 1 aliphatic heterocycles. The van der Waals surface area contributed by atoms with Gasteiger partial charge in [0.15, 0.2) is 0 Å². The zero-order valence-electron chi connectivity index (χ0n) is 14.3. The Morgan fingerprint density at radius 1 is 1.33 bits per heavy atom. The summed E-state index contributed by atoms with van der Waals surface area (Å²) >= 11 is 0. The van der Waals surface area contributed by atoms with Crippen molar-refractivity contribution in [3.63, 3.8) is 0 Å². The molecule has 2 rings (SSSR count). The minimum Gasteiger partial charge on any atom is -0.497 e. The molecule has 1 aliphatic rings. The minimum absolute atomic E-state index is 0.0406. The van der Waals surface area contributed by atoms with E-state index in [0.29, 0.717) is 43.7 Å². The molecule has 1 amide bonds. The van der Waals surface area contributed by atoms with Crippen LogP contribution in [-0.4, -0.2) is 51.2 Å². The van der Waals surface area contributed by atoms with Gasteiger partial charge in [-0.15, -0.1) is 0 Å².